The van der Waals surface area contributed by atoms with Crippen molar-refractivity contribution in [1.82, 2.24) is 0 Å². The highest BCUT2D eigenvalue weighted by Gasteiger charge is 2.04. The van der Waals surface area contributed by atoms with E-state index in [-0.39, 0.29) is 0 Å². The molecule has 0 radical (unpaired) electrons. The third-order valence-electron chi connectivity index (χ3n) is 3.04. The second kappa shape index (κ2) is 7.48. The van der Waals surface area contributed by atoms with Crippen molar-refractivity contribution in [3.8, 4) is 5.75 Å². The largest absolute Gasteiger partial charge is 0.497 e. The molecule has 19 heavy (non-hydrogen) atoms. The highest BCUT2D eigenvalue weighted by molar-refractivity contribution is 14.1. The standard InChI is InChI=1S/C16H19INO/c1-19-16-8-6-15(7-9-16)13-18-11-3-5-14(12-18)4-2-10-17/h3,5-9,11-12H,2,4,10,13H2,1H3/q+1. The van der Waals surface area contributed by atoms with E-state index in [1.807, 2.05) is 12.1 Å². The lowest BCUT2D eigenvalue weighted by atomic mass is 10.1. The van der Waals surface area contributed by atoms with Crippen LogP contribution in [0.2, 0.25) is 0 Å². The van der Waals surface area contributed by atoms with Crippen LogP contribution in [0.15, 0.2) is 48.8 Å². The summed E-state index contributed by atoms with van der Waals surface area (Å²) >= 11 is 2.43. The highest BCUT2D eigenvalue weighted by atomic mass is 127. The van der Waals surface area contributed by atoms with Gasteiger partial charge in [0.25, 0.3) is 0 Å². The molecule has 0 bridgehead atoms. The number of benzene rings is 1. The Morgan fingerprint density at radius 1 is 1.11 bits per heavy atom. The van der Waals surface area contributed by atoms with Crippen molar-refractivity contribution in [3.63, 3.8) is 0 Å². The molecule has 0 fully saturated rings. The van der Waals surface area contributed by atoms with Crippen molar-refractivity contribution < 1.29 is 9.30 Å². The number of methoxy groups -OCH3 is 1. The Hall–Kier alpha value is -1.10. The van der Waals surface area contributed by atoms with Gasteiger partial charge in [0, 0.05) is 17.2 Å². The van der Waals surface area contributed by atoms with Gasteiger partial charge in [-0.25, -0.2) is 4.57 Å². The fraction of sp³-hybridized carbons (Fsp3) is 0.312. The summed E-state index contributed by atoms with van der Waals surface area (Å²) in [4.78, 5) is 0. The lowest BCUT2D eigenvalue weighted by Crippen LogP contribution is -2.33. The second-order valence-corrected chi connectivity index (χ2v) is 5.60. The molecule has 2 nitrogen and oxygen atoms in total. The van der Waals surface area contributed by atoms with Gasteiger partial charge in [0.2, 0.25) is 0 Å². The number of halogens is 1. The Bertz CT molecular complexity index is 510. The first kappa shape index (κ1) is 14.3. The number of alkyl halides is 1. The first-order chi connectivity index (χ1) is 9.31. The van der Waals surface area contributed by atoms with E-state index in [1.165, 1.54) is 22.0 Å². The summed E-state index contributed by atoms with van der Waals surface area (Å²) in [5.74, 6) is 0.907. The first-order valence-electron chi connectivity index (χ1n) is 6.48. The summed E-state index contributed by atoms with van der Waals surface area (Å²) < 4.78 is 8.63. The zero-order valence-corrected chi connectivity index (χ0v) is 13.3. The summed E-state index contributed by atoms with van der Waals surface area (Å²) in [6, 6.07) is 12.6. The topological polar surface area (TPSA) is 13.1 Å². The van der Waals surface area contributed by atoms with Crippen LogP contribution in [0.4, 0.5) is 0 Å². The van der Waals surface area contributed by atoms with E-state index in [4.69, 9.17) is 4.74 Å². The molecule has 2 rings (SSSR count). The molecule has 0 aliphatic heterocycles. The van der Waals surface area contributed by atoms with E-state index in [1.54, 1.807) is 7.11 Å². The molecular formula is C16H19INO+. The van der Waals surface area contributed by atoms with Gasteiger partial charge < -0.3 is 4.74 Å². The maximum atomic E-state index is 5.18. The fourth-order valence-electron chi connectivity index (χ4n) is 2.04. The van der Waals surface area contributed by atoms with E-state index in [0.29, 0.717) is 0 Å². The summed E-state index contributed by atoms with van der Waals surface area (Å²) in [6.07, 6.45) is 6.77. The number of rotatable bonds is 6. The molecule has 0 saturated carbocycles. The monoisotopic (exact) mass is 368 g/mol. The molecule has 0 N–H and O–H groups in total. The van der Waals surface area contributed by atoms with Crippen molar-refractivity contribution in [2.24, 2.45) is 0 Å². The third-order valence-corrected chi connectivity index (χ3v) is 3.81. The minimum Gasteiger partial charge on any atom is -0.497 e. The van der Waals surface area contributed by atoms with Crippen molar-refractivity contribution in [3.05, 3.63) is 59.9 Å². The van der Waals surface area contributed by atoms with E-state index < -0.39 is 0 Å². The summed E-state index contributed by atoms with van der Waals surface area (Å²) in [6.45, 7) is 0.905. The van der Waals surface area contributed by atoms with Gasteiger partial charge in [0.05, 0.1) is 7.11 Å². The predicted molar refractivity (Wildman–Crippen MR) is 85.9 cm³/mol. The van der Waals surface area contributed by atoms with E-state index in [2.05, 4.69) is 63.8 Å². The first-order valence-corrected chi connectivity index (χ1v) is 8.01. The van der Waals surface area contributed by atoms with Crippen molar-refractivity contribution in [2.75, 3.05) is 11.5 Å². The van der Waals surface area contributed by atoms with Gasteiger partial charge in [-0.15, -0.1) is 0 Å². The van der Waals surface area contributed by atoms with Gasteiger partial charge in [0.15, 0.2) is 18.9 Å². The molecule has 100 valence electrons. The van der Waals surface area contributed by atoms with Gasteiger partial charge in [-0.3, -0.25) is 0 Å². The number of nitrogens with zero attached hydrogens (tertiary/aromatic N) is 1. The highest BCUT2D eigenvalue weighted by Crippen LogP contribution is 2.11. The maximum absolute atomic E-state index is 5.18. The molecule has 0 atom stereocenters. The molecule has 0 spiro atoms. The lowest BCUT2D eigenvalue weighted by Gasteiger charge is -2.02. The van der Waals surface area contributed by atoms with E-state index in [0.717, 1.165) is 18.7 Å². The Morgan fingerprint density at radius 3 is 2.58 bits per heavy atom. The van der Waals surface area contributed by atoms with Crippen LogP contribution in [-0.4, -0.2) is 11.5 Å². The summed E-state index contributed by atoms with van der Waals surface area (Å²) in [5, 5.41) is 0. The van der Waals surface area contributed by atoms with Gasteiger partial charge in [-0.2, -0.15) is 0 Å². The number of hydrogen-bond acceptors (Lipinski definition) is 1. The summed E-state index contributed by atoms with van der Waals surface area (Å²) in [5.41, 5.74) is 2.70. The smallest absolute Gasteiger partial charge is 0.173 e. The van der Waals surface area contributed by atoms with Crippen LogP contribution in [-0.2, 0) is 13.0 Å². The van der Waals surface area contributed by atoms with Crippen LogP contribution in [0.25, 0.3) is 0 Å². The maximum Gasteiger partial charge on any atom is 0.173 e. The number of aromatic nitrogens is 1. The second-order valence-electron chi connectivity index (χ2n) is 4.53. The average Bonchev–Trinajstić information content (AvgIpc) is 2.46. The Labute approximate surface area is 128 Å². The number of aryl methyl sites for hydroxylation is 1. The van der Waals surface area contributed by atoms with Crippen LogP contribution in [0.1, 0.15) is 17.5 Å². The molecule has 0 aliphatic carbocycles. The number of ether oxygens (including phenoxy) is 1. The van der Waals surface area contributed by atoms with Gasteiger partial charge in [-0.1, -0.05) is 22.6 Å². The molecule has 1 aromatic carbocycles. The zero-order valence-electron chi connectivity index (χ0n) is 11.2. The van der Waals surface area contributed by atoms with E-state index >= 15 is 0 Å². The minimum atomic E-state index is 0.905. The molecule has 2 aromatic rings. The Morgan fingerprint density at radius 2 is 1.89 bits per heavy atom. The average molecular weight is 368 g/mol. The van der Waals surface area contributed by atoms with Crippen LogP contribution in [0.3, 0.4) is 0 Å². The molecule has 0 aliphatic rings. The molecule has 1 aromatic heterocycles. The normalized spacial score (nSPS) is 10.4. The van der Waals surface area contributed by atoms with Crippen molar-refractivity contribution >= 4 is 22.6 Å². The van der Waals surface area contributed by atoms with Crippen LogP contribution in [0, 0.1) is 0 Å². The SMILES string of the molecule is COc1ccc(C[n+]2cccc(CCCI)c2)cc1. The Kier molecular flexibility index (Phi) is 5.63. The Balaban J connectivity index is 2.05. The third kappa shape index (κ3) is 4.49. The molecule has 0 unspecified atom stereocenters. The number of hydrogen-bond donors (Lipinski definition) is 0. The summed E-state index contributed by atoms with van der Waals surface area (Å²) in [7, 11) is 1.69. The predicted octanol–water partition coefficient (Wildman–Crippen LogP) is 3.40. The fourth-order valence-corrected chi connectivity index (χ4v) is 2.42. The number of pyridine rings is 1. The molecule has 0 saturated heterocycles. The van der Waals surface area contributed by atoms with Crippen LogP contribution >= 0.6 is 22.6 Å². The van der Waals surface area contributed by atoms with Gasteiger partial charge in [-0.05, 0) is 47.6 Å². The van der Waals surface area contributed by atoms with Gasteiger partial charge >= 0.3 is 0 Å². The van der Waals surface area contributed by atoms with Crippen LogP contribution < -0.4 is 9.30 Å². The molecule has 3 heteroatoms. The van der Waals surface area contributed by atoms with Crippen LogP contribution in [0.5, 0.6) is 5.75 Å². The zero-order chi connectivity index (χ0) is 13.5. The molecule has 1 heterocycles. The minimum absolute atomic E-state index is 0.905. The lowest BCUT2D eigenvalue weighted by molar-refractivity contribution is -0.688. The van der Waals surface area contributed by atoms with Gasteiger partial charge in [0.1, 0.15) is 5.75 Å². The molecule has 0 amide bonds. The van der Waals surface area contributed by atoms with Crippen molar-refractivity contribution in [1.29, 1.82) is 0 Å². The van der Waals surface area contributed by atoms with E-state index in [9.17, 15) is 0 Å². The quantitative estimate of drug-likeness (QED) is 0.433. The van der Waals surface area contributed by atoms with Crippen molar-refractivity contribution in [2.45, 2.75) is 19.4 Å². The molecular weight excluding hydrogens is 349 g/mol.